The number of rotatable bonds is 5. The van der Waals surface area contributed by atoms with Crippen molar-refractivity contribution in [2.24, 2.45) is 11.3 Å². The molecule has 0 aliphatic heterocycles. The zero-order valence-electron chi connectivity index (χ0n) is 12.3. The number of ether oxygens (including phenoxy) is 1. The summed E-state index contributed by atoms with van der Waals surface area (Å²) in [5.74, 6) is 0.386. The first kappa shape index (κ1) is 14.8. The topological polar surface area (TPSA) is 59.4 Å². The minimum atomic E-state index is -0.680. The number of carboxylic acid groups (broad SMARTS) is 1. The highest BCUT2D eigenvalue weighted by Gasteiger charge is 2.42. The molecule has 1 aliphatic carbocycles. The molecule has 1 saturated carbocycles. The molecule has 0 radical (unpaired) electrons. The molecule has 4 nitrogen and oxygen atoms in total. The maximum atomic E-state index is 11.8. The first-order valence-corrected chi connectivity index (χ1v) is 7.33. The van der Waals surface area contributed by atoms with Crippen LogP contribution >= 0.6 is 0 Å². The summed E-state index contributed by atoms with van der Waals surface area (Å²) in [7, 11) is 1.58. The second-order valence-electron chi connectivity index (χ2n) is 5.80. The molecule has 0 aromatic carbocycles. The number of aliphatic carboxylic acids is 1. The summed E-state index contributed by atoms with van der Waals surface area (Å²) in [6.45, 7) is 2.15. The van der Waals surface area contributed by atoms with E-state index >= 15 is 0 Å². The van der Waals surface area contributed by atoms with Crippen LogP contribution < -0.4 is 4.74 Å². The molecule has 1 fully saturated rings. The Morgan fingerprint density at radius 3 is 3.00 bits per heavy atom. The van der Waals surface area contributed by atoms with E-state index in [4.69, 9.17) is 4.74 Å². The van der Waals surface area contributed by atoms with Gasteiger partial charge in [-0.3, -0.25) is 4.79 Å². The summed E-state index contributed by atoms with van der Waals surface area (Å²) >= 11 is 0. The Kier molecular flexibility index (Phi) is 4.63. The van der Waals surface area contributed by atoms with Gasteiger partial charge in [0.15, 0.2) is 0 Å². The molecule has 0 saturated heterocycles. The van der Waals surface area contributed by atoms with Crippen molar-refractivity contribution in [2.75, 3.05) is 7.11 Å². The summed E-state index contributed by atoms with van der Waals surface area (Å²) in [5.41, 5.74) is 0.154. The lowest BCUT2D eigenvalue weighted by Gasteiger charge is -2.37. The average Bonchev–Trinajstić information content (AvgIpc) is 2.47. The average molecular weight is 277 g/mol. The van der Waals surface area contributed by atoms with Crippen molar-refractivity contribution >= 4 is 5.97 Å². The van der Waals surface area contributed by atoms with E-state index in [1.165, 1.54) is 0 Å². The highest BCUT2D eigenvalue weighted by Crippen LogP contribution is 2.43. The van der Waals surface area contributed by atoms with Crippen molar-refractivity contribution < 1.29 is 14.6 Å². The molecule has 110 valence electrons. The van der Waals surface area contributed by atoms with Crippen molar-refractivity contribution in [2.45, 2.75) is 45.4 Å². The van der Waals surface area contributed by atoms with Gasteiger partial charge < -0.3 is 9.84 Å². The van der Waals surface area contributed by atoms with Crippen LogP contribution in [0.1, 0.15) is 44.7 Å². The number of methoxy groups -OCH3 is 1. The van der Waals surface area contributed by atoms with Crippen molar-refractivity contribution in [3.05, 3.63) is 23.9 Å². The van der Waals surface area contributed by atoms with Crippen molar-refractivity contribution in [1.29, 1.82) is 0 Å². The number of nitrogens with zero attached hydrogens (tertiary/aromatic N) is 1. The smallest absolute Gasteiger partial charge is 0.310 e. The van der Waals surface area contributed by atoms with E-state index in [2.05, 4.69) is 11.9 Å². The molecule has 4 heteroatoms. The number of hydrogen-bond donors (Lipinski definition) is 1. The standard InChI is InChI=1S/C16H23NO3/c1-3-12-6-5-9-16(10-12,15(18)19)11-13-7-4-8-14(17-13)20-2/h4,7-8,12H,3,5-6,9-11H2,1-2H3,(H,18,19). The first-order chi connectivity index (χ1) is 9.59. The van der Waals surface area contributed by atoms with E-state index < -0.39 is 11.4 Å². The number of carbonyl (C=O) groups is 1. The number of hydrogen-bond acceptors (Lipinski definition) is 3. The Balaban J connectivity index is 2.22. The summed E-state index contributed by atoms with van der Waals surface area (Å²) < 4.78 is 5.12. The van der Waals surface area contributed by atoms with Gasteiger partial charge in [-0.1, -0.05) is 32.3 Å². The van der Waals surface area contributed by atoms with Crippen LogP contribution in [-0.4, -0.2) is 23.2 Å². The van der Waals surface area contributed by atoms with E-state index in [0.717, 1.165) is 37.8 Å². The van der Waals surface area contributed by atoms with Crippen molar-refractivity contribution in [3.63, 3.8) is 0 Å². The molecule has 0 spiro atoms. The summed E-state index contributed by atoms with van der Waals surface area (Å²) in [6.07, 6.45) is 5.21. The SMILES string of the molecule is CCC1CCCC(Cc2cccc(OC)n2)(C(=O)O)C1. The maximum Gasteiger partial charge on any atom is 0.310 e. The van der Waals surface area contributed by atoms with E-state index in [1.807, 2.05) is 12.1 Å². The molecule has 2 atom stereocenters. The highest BCUT2D eigenvalue weighted by atomic mass is 16.5. The van der Waals surface area contributed by atoms with Gasteiger partial charge in [0.05, 0.1) is 12.5 Å². The Morgan fingerprint density at radius 1 is 1.55 bits per heavy atom. The Bertz CT molecular complexity index is 475. The van der Waals surface area contributed by atoms with Crippen LogP contribution in [0.15, 0.2) is 18.2 Å². The zero-order chi connectivity index (χ0) is 14.6. The molecular formula is C16H23NO3. The van der Waals surface area contributed by atoms with Gasteiger partial charge in [0.2, 0.25) is 5.88 Å². The fourth-order valence-corrected chi connectivity index (χ4v) is 3.28. The quantitative estimate of drug-likeness (QED) is 0.897. The van der Waals surface area contributed by atoms with E-state index in [9.17, 15) is 9.90 Å². The molecule has 0 bridgehead atoms. The Morgan fingerprint density at radius 2 is 2.35 bits per heavy atom. The molecule has 1 aliphatic rings. The van der Waals surface area contributed by atoms with Crippen LogP contribution in [0.2, 0.25) is 0 Å². The Hall–Kier alpha value is -1.58. The van der Waals surface area contributed by atoms with Gasteiger partial charge in [-0.25, -0.2) is 4.98 Å². The third kappa shape index (κ3) is 3.11. The molecule has 1 aromatic heterocycles. The van der Waals surface area contributed by atoms with Gasteiger partial charge in [0, 0.05) is 18.2 Å². The number of pyridine rings is 1. The van der Waals surface area contributed by atoms with Crippen LogP contribution in [0.5, 0.6) is 5.88 Å². The minimum Gasteiger partial charge on any atom is -0.481 e. The van der Waals surface area contributed by atoms with E-state index in [0.29, 0.717) is 18.2 Å². The molecule has 2 rings (SSSR count). The fourth-order valence-electron chi connectivity index (χ4n) is 3.28. The fraction of sp³-hybridized carbons (Fsp3) is 0.625. The van der Waals surface area contributed by atoms with Gasteiger partial charge in [0.1, 0.15) is 0 Å². The second-order valence-corrected chi connectivity index (χ2v) is 5.80. The van der Waals surface area contributed by atoms with Crippen LogP contribution in [0.4, 0.5) is 0 Å². The van der Waals surface area contributed by atoms with Crippen molar-refractivity contribution in [1.82, 2.24) is 4.98 Å². The Labute approximate surface area is 120 Å². The molecule has 1 aromatic rings. The summed E-state index contributed by atoms with van der Waals surface area (Å²) in [6, 6.07) is 5.55. The lowest BCUT2D eigenvalue weighted by Crippen LogP contribution is -2.38. The van der Waals surface area contributed by atoms with Gasteiger partial charge in [-0.15, -0.1) is 0 Å². The van der Waals surface area contributed by atoms with Crippen LogP contribution in [0.3, 0.4) is 0 Å². The highest BCUT2D eigenvalue weighted by molar-refractivity contribution is 5.75. The van der Waals surface area contributed by atoms with Crippen LogP contribution in [0, 0.1) is 11.3 Å². The maximum absolute atomic E-state index is 11.8. The largest absolute Gasteiger partial charge is 0.481 e. The summed E-state index contributed by atoms with van der Waals surface area (Å²) in [5, 5.41) is 9.73. The van der Waals surface area contributed by atoms with Gasteiger partial charge in [-0.2, -0.15) is 0 Å². The third-order valence-electron chi connectivity index (χ3n) is 4.49. The van der Waals surface area contributed by atoms with Crippen LogP contribution in [-0.2, 0) is 11.2 Å². The van der Waals surface area contributed by atoms with Gasteiger partial charge >= 0.3 is 5.97 Å². The zero-order valence-corrected chi connectivity index (χ0v) is 12.3. The molecule has 20 heavy (non-hydrogen) atoms. The number of carboxylic acids is 1. The van der Waals surface area contributed by atoms with E-state index in [-0.39, 0.29) is 0 Å². The normalized spacial score (nSPS) is 26.2. The molecule has 1 heterocycles. The summed E-state index contributed by atoms with van der Waals surface area (Å²) in [4.78, 5) is 16.2. The van der Waals surface area contributed by atoms with Gasteiger partial charge in [-0.05, 0) is 24.8 Å². The van der Waals surface area contributed by atoms with E-state index in [1.54, 1.807) is 13.2 Å². The predicted octanol–water partition coefficient (Wildman–Crippen LogP) is 3.30. The lowest BCUT2D eigenvalue weighted by atomic mass is 9.66. The third-order valence-corrected chi connectivity index (χ3v) is 4.49. The monoisotopic (exact) mass is 277 g/mol. The van der Waals surface area contributed by atoms with Gasteiger partial charge in [0.25, 0.3) is 0 Å². The number of aromatic nitrogens is 1. The molecule has 1 N–H and O–H groups in total. The molecule has 2 unspecified atom stereocenters. The molecular weight excluding hydrogens is 254 g/mol. The predicted molar refractivity (Wildman–Crippen MR) is 76.8 cm³/mol. The van der Waals surface area contributed by atoms with Crippen LogP contribution in [0.25, 0.3) is 0 Å². The first-order valence-electron chi connectivity index (χ1n) is 7.33. The minimum absolute atomic E-state index is 0.496. The molecule has 0 amide bonds. The van der Waals surface area contributed by atoms with Crippen molar-refractivity contribution in [3.8, 4) is 5.88 Å². The second kappa shape index (κ2) is 6.25. The lowest BCUT2D eigenvalue weighted by molar-refractivity contribution is -0.152.